The van der Waals surface area contributed by atoms with E-state index in [9.17, 15) is 4.79 Å². The number of aliphatic imine (C=N–C) groups is 1. The first kappa shape index (κ1) is 16.0. The van der Waals surface area contributed by atoms with Gasteiger partial charge in [-0.2, -0.15) is 0 Å². The Labute approximate surface area is 120 Å². The van der Waals surface area contributed by atoms with Crippen LogP contribution in [-0.4, -0.2) is 18.4 Å². The van der Waals surface area contributed by atoms with Crippen molar-refractivity contribution in [2.45, 2.75) is 39.2 Å². The number of nitrogens with one attached hydrogen (secondary N) is 1. The smallest absolute Gasteiger partial charge is 0.222 e. The second-order valence-corrected chi connectivity index (χ2v) is 5.78. The summed E-state index contributed by atoms with van der Waals surface area (Å²) in [6, 6.07) is 8.27. The van der Waals surface area contributed by atoms with E-state index in [1.165, 1.54) is 5.56 Å². The molecule has 20 heavy (non-hydrogen) atoms. The molecule has 1 aromatic rings. The van der Waals surface area contributed by atoms with Crippen LogP contribution in [0.4, 0.5) is 0 Å². The van der Waals surface area contributed by atoms with Crippen LogP contribution in [0.2, 0.25) is 0 Å². The van der Waals surface area contributed by atoms with E-state index in [0.717, 1.165) is 5.56 Å². The minimum atomic E-state index is -0.0603. The van der Waals surface area contributed by atoms with Gasteiger partial charge >= 0.3 is 0 Å². The SMILES string of the molecule is CC(C)(C)c1ccc(CNC(=O)CCN=C(N)N)cc1. The van der Waals surface area contributed by atoms with Crippen molar-refractivity contribution < 1.29 is 4.79 Å². The van der Waals surface area contributed by atoms with Gasteiger partial charge in [0.25, 0.3) is 0 Å². The van der Waals surface area contributed by atoms with Crippen molar-refractivity contribution in [3.05, 3.63) is 35.4 Å². The first-order chi connectivity index (χ1) is 9.29. The Morgan fingerprint density at radius 2 is 1.80 bits per heavy atom. The summed E-state index contributed by atoms with van der Waals surface area (Å²) in [6.07, 6.45) is 0.290. The number of rotatable bonds is 5. The highest BCUT2D eigenvalue weighted by atomic mass is 16.1. The number of nitrogens with two attached hydrogens (primary N) is 2. The Morgan fingerprint density at radius 1 is 1.20 bits per heavy atom. The largest absolute Gasteiger partial charge is 0.370 e. The van der Waals surface area contributed by atoms with Crippen LogP contribution in [0.1, 0.15) is 38.3 Å². The first-order valence-corrected chi connectivity index (χ1v) is 6.70. The molecule has 0 aromatic heterocycles. The average molecular weight is 276 g/mol. The average Bonchev–Trinajstić information content (AvgIpc) is 2.35. The summed E-state index contributed by atoms with van der Waals surface area (Å²) in [6.45, 7) is 7.36. The first-order valence-electron chi connectivity index (χ1n) is 6.70. The van der Waals surface area contributed by atoms with Crippen LogP contribution in [0.25, 0.3) is 0 Å². The Morgan fingerprint density at radius 3 is 2.30 bits per heavy atom. The standard InChI is InChI=1S/C15H24N4O/c1-15(2,3)12-6-4-11(5-7-12)10-19-13(20)8-9-18-14(16)17/h4-7H,8-10H2,1-3H3,(H,19,20)(H4,16,17,18). The quantitative estimate of drug-likeness (QED) is 0.558. The van der Waals surface area contributed by atoms with Crippen LogP contribution in [0.3, 0.4) is 0 Å². The minimum absolute atomic E-state index is 0.00979. The lowest BCUT2D eigenvalue weighted by molar-refractivity contribution is -0.121. The molecule has 0 unspecified atom stereocenters. The number of guanidine groups is 1. The fraction of sp³-hybridized carbons (Fsp3) is 0.467. The predicted molar refractivity (Wildman–Crippen MR) is 82.3 cm³/mol. The van der Waals surface area contributed by atoms with Gasteiger partial charge in [-0.1, -0.05) is 45.0 Å². The third-order valence-corrected chi connectivity index (χ3v) is 2.94. The van der Waals surface area contributed by atoms with E-state index >= 15 is 0 Å². The lowest BCUT2D eigenvalue weighted by atomic mass is 9.87. The van der Waals surface area contributed by atoms with Crippen molar-refractivity contribution in [1.82, 2.24) is 5.32 Å². The van der Waals surface area contributed by atoms with Gasteiger partial charge in [0.05, 0.1) is 6.54 Å². The molecule has 1 rings (SSSR count). The number of carbonyl (C=O) groups is 1. The summed E-state index contributed by atoms with van der Waals surface area (Å²) < 4.78 is 0. The van der Waals surface area contributed by atoms with Gasteiger partial charge in [0.2, 0.25) is 5.91 Å². The van der Waals surface area contributed by atoms with Gasteiger partial charge in [-0.15, -0.1) is 0 Å². The van der Waals surface area contributed by atoms with Crippen LogP contribution < -0.4 is 16.8 Å². The lowest BCUT2D eigenvalue weighted by Crippen LogP contribution is -2.26. The minimum Gasteiger partial charge on any atom is -0.370 e. The molecule has 5 heteroatoms. The molecule has 0 radical (unpaired) electrons. The van der Waals surface area contributed by atoms with Gasteiger partial charge in [-0.3, -0.25) is 9.79 Å². The van der Waals surface area contributed by atoms with Gasteiger partial charge in [-0.25, -0.2) is 0 Å². The molecule has 0 bridgehead atoms. The maximum absolute atomic E-state index is 11.6. The van der Waals surface area contributed by atoms with Crippen LogP contribution in [0.5, 0.6) is 0 Å². The second-order valence-electron chi connectivity index (χ2n) is 5.78. The summed E-state index contributed by atoms with van der Waals surface area (Å²) in [5, 5.41) is 2.84. The van der Waals surface area contributed by atoms with Crippen molar-refractivity contribution >= 4 is 11.9 Å². The van der Waals surface area contributed by atoms with Gasteiger partial charge in [0, 0.05) is 13.0 Å². The van der Waals surface area contributed by atoms with Crippen LogP contribution in [-0.2, 0) is 16.8 Å². The number of nitrogens with zero attached hydrogens (tertiary/aromatic N) is 1. The summed E-state index contributed by atoms with van der Waals surface area (Å²) in [5.74, 6) is -0.0505. The van der Waals surface area contributed by atoms with Crippen LogP contribution in [0.15, 0.2) is 29.3 Å². The van der Waals surface area contributed by atoms with Gasteiger partial charge < -0.3 is 16.8 Å². The normalized spacial score (nSPS) is 10.9. The number of hydrogen-bond acceptors (Lipinski definition) is 2. The highest BCUT2D eigenvalue weighted by Crippen LogP contribution is 2.22. The molecule has 1 aromatic carbocycles. The molecule has 0 atom stereocenters. The Balaban J connectivity index is 2.42. The highest BCUT2D eigenvalue weighted by Gasteiger charge is 2.12. The van der Waals surface area contributed by atoms with E-state index in [1.54, 1.807) is 0 Å². The molecule has 0 saturated carbocycles. The van der Waals surface area contributed by atoms with Crippen molar-refractivity contribution in [3.8, 4) is 0 Å². The molecule has 5 N–H and O–H groups in total. The van der Waals surface area contributed by atoms with Crippen molar-refractivity contribution in [2.24, 2.45) is 16.5 Å². The molecule has 0 aliphatic rings. The third-order valence-electron chi connectivity index (χ3n) is 2.94. The maximum atomic E-state index is 11.6. The molecule has 0 fully saturated rings. The van der Waals surface area contributed by atoms with Gasteiger partial charge in [0.15, 0.2) is 5.96 Å². The fourth-order valence-electron chi connectivity index (χ4n) is 1.70. The highest BCUT2D eigenvalue weighted by molar-refractivity contribution is 5.78. The van der Waals surface area contributed by atoms with Crippen molar-refractivity contribution in [2.75, 3.05) is 6.54 Å². The van der Waals surface area contributed by atoms with Crippen LogP contribution >= 0.6 is 0 Å². The molecule has 0 aliphatic carbocycles. The van der Waals surface area contributed by atoms with Crippen molar-refractivity contribution in [1.29, 1.82) is 0 Å². The van der Waals surface area contributed by atoms with E-state index in [4.69, 9.17) is 11.5 Å². The van der Waals surface area contributed by atoms with Gasteiger partial charge in [0.1, 0.15) is 0 Å². The Kier molecular flexibility index (Phi) is 5.55. The zero-order valence-electron chi connectivity index (χ0n) is 12.4. The fourth-order valence-corrected chi connectivity index (χ4v) is 1.70. The predicted octanol–water partition coefficient (Wildman–Crippen LogP) is 1.26. The van der Waals surface area contributed by atoms with E-state index in [2.05, 4.69) is 43.2 Å². The van der Waals surface area contributed by atoms with E-state index in [-0.39, 0.29) is 23.7 Å². The Bertz CT molecular complexity index is 468. The molecule has 0 aliphatic heterocycles. The summed E-state index contributed by atoms with van der Waals surface area (Å²) in [5.41, 5.74) is 12.9. The topological polar surface area (TPSA) is 93.5 Å². The number of carbonyl (C=O) groups excluding carboxylic acids is 1. The monoisotopic (exact) mass is 276 g/mol. The van der Waals surface area contributed by atoms with Crippen molar-refractivity contribution in [3.63, 3.8) is 0 Å². The van der Waals surface area contributed by atoms with Crippen LogP contribution in [0, 0.1) is 0 Å². The molecule has 5 nitrogen and oxygen atoms in total. The molecule has 0 saturated heterocycles. The maximum Gasteiger partial charge on any atom is 0.222 e. The number of amides is 1. The summed E-state index contributed by atoms with van der Waals surface area (Å²) >= 11 is 0. The molecule has 1 amide bonds. The van der Waals surface area contributed by atoms with Gasteiger partial charge in [-0.05, 0) is 16.5 Å². The molecule has 0 spiro atoms. The van der Waals surface area contributed by atoms with E-state index in [1.807, 2.05) is 12.1 Å². The van der Waals surface area contributed by atoms with E-state index < -0.39 is 0 Å². The molecular formula is C15H24N4O. The second kappa shape index (κ2) is 6.93. The summed E-state index contributed by atoms with van der Waals surface area (Å²) in [7, 11) is 0. The number of benzene rings is 1. The Hall–Kier alpha value is -2.04. The van der Waals surface area contributed by atoms with E-state index in [0.29, 0.717) is 13.1 Å². The molecule has 110 valence electrons. The zero-order valence-corrected chi connectivity index (χ0v) is 12.4. The molecule has 0 heterocycles. The number of hydrogen-bond donors (Lipinski definition) is 3. The molecular weight excluding hydrogens is 252 g/mol. The zero-order chi connectivity index (χ0) is 15.2. The lowest BCUT2D eigenvalue weighted by Gasteiger charge is -2.19. The third kappa shape index (κ3) is 5.73. The summed E-state index contributed by atoms with van der Waals surface area (Å²) in [4.78, 5) is 15.3.